The van der Waals surface area contributed by atoms with Gasteiger partial charge in [0.25, 0.3) is 0 Å². The van der Waals surface area contributed by atoms with Gasteiger partial charge in [-0.2, -0.15) is 0 Å². The highest BCUT2D eigenvalue weighted by molar-refractivity contribution is 5.77. The zero-order chi connectivity index (χ0) is 12.9. The molecule has 4 nitrogen and oxygen atoms in total. The topological polar surface area (TPSA) is 44.4 Å². The third-order valence-electron chi connectivity index (χ3n) is 3.68. The van der Waals surface area contributed by atoms with Crippen LogP contribution in [0, 0.1) is 5.92 Å². The number of rotatable bonds is 7. The fourth-order valence-electron chi connectivity index (χ4n) is 2.16. The fourth-order valence-corrected chi connectivity index (χ4v) is 2.16. The minimum atomic E-state index is 0.104. The van der Waals surface area contributed by atoms with Gasteiger partial charge in [-0.1, -0.05) is 13.8 Å². The summed E-state index contributed by atoms with van der Waals surface area (Å²) in [5.41, 5.74) is 0.290. The highest BCUT2D eigenvalue weighted by Gasteiger charge is 2.38. The van der Waals surface area contributed by atoms with E-state index in [-0.39, 0.29) is 5.91 Å². The van der Waals surface area contributed by atoms with Crippen molar-refractivity contribution in [3.63, 3.8) is 0 Å². The molecule has 2 N–H and O–H groups in total. The van der Waals surface area contributed by atoms with Gasteiger partial charge >= 0.3 is 0 Å². The van der Waals surface area contributed by atoms with Crippen molar-refractivity contribution in [1.82, 2.24) is 15.5 Å². The van der Waals surface area contributed by atoms with Crippen LogP contribution in [0.2, 0.25) is 0 Å². The molecule has 0 aromatic carbocycles. The van der Waals surface area contributed by atoms with Crippen molar-refractivity contribution < 1.29 is 4.79 Å². The molecular formula is C13H27N3O. The van der Waals surface area contributed by atoms with E-state index in [9.17, 15) is 4.79 Å². The standard InChI is InChI=1S/C13H27N3O/c1-11(2)8-15-12(17)9-14-10-13(16(3)4)6-5-7-13/h11,14H,5-10H2,1-4H3,(H,15,17). The Morgan fingerprint density at radius 2 is 2.00 bits per heavy atom. The number of nitrogens with zero attached hydrogens (tertiary/aromatic N) is 1. The average molecular weight is 241 g/mol. The van der Waals surface area contributed by atoms with Gasteiger partial charge in [0.15, 0.2) is 0 Å². The Morgan fingerprint density at radius 1 is 1.35 bits per heavy atom. The zero-order valence-corrected chi connectivity index (χ0v) is 11.7. The molecule has 0 aliphatic heterocycles. The van der Waals surface area contributed by atoms with Crippen molar-refractivity contribution in [3.8, 4) is 0 Å². The molecule has 1 amide bonds. The molecule has 0 aromatic heterocycles. The molecular weight excluding hydrogens is 214 g/mol. The minimum Gasteiger partial charge on any atom is -0.355 e. The molecule has 0 bridgehead atoms. The molecule has 0 aromatic rings. The van der Waals surface area contributed by atoms with E-state index in [1.807, 2.05) is 0 Å². The molecule has 0 spiro atoms. The summed E-state index contributed by atoms with van der Waals surface area (Å²) < 4.78 is 0. The van der Waals surface area contributed by atoms with Gasteiger partial charge in [-0.05, 0) is 39.3 Å². The van der Waals surface area contributed by atoms with Gasteiger partial charge in [0.1, 0.15) is 0 Å². The second kappa shape index (κ2) is 6.36. The van der Waals surface area contributed by atoms with Crippen molar-refractivity contribution in [2.75, 3.05) is 33.7 Å². The smallest absolute Gasteiger partial charge is 0.233 e. The summed E-state index contributed by atoms with van der Waals surface area (Å²) in [7, 11) is 4.25. The molecule has 0 heterocycles. The number of nitrogens with one attached hydrogen (secondary N) is 2. The van der Waals surface area contributed by atoms with Crippen LogP contribution in [0.25, 0.3) is 0 Å². The predicted octanol–water partition coefficient (Wildman–Crippen LogP) is 0.833. The van der Waals surface area contributed by atoms with Crippen LogP contribution in [0.15, 0.2) is 0 Å². The van der Waals surface area contributed by atoms with Crippen molar-refractivity contribution in [2.45, 2.75) is 38.6 Å². The van der Waals surface area contributed by atoms with E-state index in [1.54, 1.807) is 0 Å². The van der Waals surface area contributed by atoms with Crippen LogP contribution in [0.5, 0.6) is 0 Å². The number of amides is 1. The van der Waals surface area contributed by atoms with Gasteiger partial charge in [-0.15, -0.1) is 0 Å². The van der Waals surface area contributed by atoms with E-state index >= 15 is 0 Å². The minimum absolute atomic E-state index is 0.104. The summed E-state index contributed by atoms with van der Waals surface area (Å²) in [6.45, 7) is 6.31. The number of hydrogen-bond donors (Lipinski definition) is 2. The molecule has 1 fully saturated rings. The van der Waals surface area contributed by atoms with Crippen LogP contribution in [-0.2, 0) is 4.79 Å². The average Bonchev–Trinajstić information content (AvgIpc) is 2.18. The van der Waals surface area contributed by atoms with Crippen LogP contribution in [-0.4, -0.2) is 50.1 Å². The highest BCUT2D eigenvalue weighted by Crippen LogP contribution is 2.35. The Labute approximate surface area is 105 Å². The molecule has 0 saturated heterocycles. The first-order chi connectivity index (χ1) is 7.96. The molecule has 1 aliphatic rings. The van der Waals surface area contributed by atoms with Gasteiger partial charge in [0.2, 0.25) is 5.91 Å². The third-order valence-corrected chi connectivity index (χ3v) is 3.68. The van der Waals surface area contributed by atoms with Crippen LogP contribution in [0.3, 0.4) is 0 Å². The van der Waals surface area contributed by atoms with E-state index in [0.29, 0.717) is 18.0 Å². The largest absolute Gasteiger partial charge is 0.355 e. The lowest BCUT2D eigenvalue weighted by atomic mass is 9.75. The Morgan fingerprint density at radius 3 is 2.41 bits per heavy atom. The van der Waals surface area contributed by atoms with Gasteiger partial charge in [-0.25, -0.2) is 0 Å². The van der Waals surface area contributed by atoms with Crippen molar-refractivity contribution in [3.05, 3.63) is 0 Å². The van der Waals surface area contributed by atoms with Crippen molar-refractivity contribution in [2.24, 2.45) is 5.92 Å². The normalized spacial score (nSPS) is 18.2. The second-order valence-corrected chi connectivity index (χ2v) is 5.77. The molecule has 100 valence electrons. The first-order valence-electron chi connectivity index (χ1n) is 6.61. The van der Waals surface area contributed by atoms with Crippen LogP contribution in [0.4, 0.5) is 0 Å². The first-order valence-corrected chi connectivity index (χ1v) is 6.61. The second-order valence-electron chi connectivity index (χ2n) is 5.77. The number of carbonyl (C=O) groups is 1. The molecule has 1 rings (SSSR count). The van der Waals surface area contributed by atoms with Crippen LogP contribution < -0.4 is 10.6 Å². The lowest BCUT2D eigenvalue weighted by molar-refractivity contribution is -0.120. The summed E-state index contributed by atoms with van der Waals surface area (Å²) in [5, 5.41) is 6.20. The van der Waals surface area contributed by atoms with E-state index in [1.165, 1.54) is 19.3 Å². The quantitative estimate of drug-likeness (QED) is 0.694. The maximum absolute atomic E-state index is 11.5. The zero-order valence-electron chi connectivity index (χ0n) is 11.7. The Hall–Kier alpha value is -0.610. The van der Waals surface area contributed by atoms with Crippen LogP contribution in [0.1, 0.15) is 33.1 Å². The summed E-state index contributed by atoms with van der Waals surface area (Å²) in [6.07, 6.45) is 3.78. The number of likely N-dealkylation sites (N-methyl/N-ethyl adjacent to an activating group) is 1. The summed E-state index contributed by atoms with van der Waals surface area (Å²) >= 11 is 0. The highest BCUT2D eigenvalue weighted by atomic mass is 16.1. The SMILES string of the molecule is CC(C)CNC(=O)CNCC1(N(C)C)CCC1. The van der Waals surface area contributed by atoms with E-state index in [2.05, 4.69) is 43.5 Å². The van der Waals surface area contributed by atoms with Crippen molar-refractivity contribution >= 4 is 5.91 Å². The van der Waals surface area contributed by atoms with Crippen LogP contribution >= 0.6 is 0 Å². The van der Waals surface area contributed by atoms with Gasteiger partial charge < -0.3 is 15.5 Å². The van der Waals surface area contributed by atoms with Crippen molar-refractivity contribution in [1.29, 1.82) is 0 Å². The van der Waals surface area contributed by atoms with E-state index in [4.69, 9.17) is 0 Å². The summed E-state index contributed by atoms with van der Waals surface area (Å²) in [4.78, 5) is 13.8. The van der Waals surface area contributed by atoms with E-state index < -0.39 is 0 Å². The third kappa shape index (κ3) is 4.28. The van der Waals surface area contributed by atoms with Gasteiger partial charge in [0.05, 0.1) is 6.54 Å². The summed E-state index contributed by atoms with van der Waals surface area (Å²) in [5.74, 6) is 0.616. The molecule has 1 saturated carbocycles. The maximum atomic E-state index is 11.5. The number of hydrogen-bond acceptors (Lipinski definition) is 3. The lowest BCUT2D eigenvalue weighted by Crippen LogP contribution is -2.57. The molecule has 17 heavy (non-hydrogen) atoms. The molecule has 0 radical (unpaired) electrons. The van der Waals surface area contributed by atoms with E-state index in [0.717, 1.165) is 13.1 Å². The Bertz CT molecular complexity index is 247. The number of carbonyl (C=O) groups excluding carboxylic acids is 1. The Kier molecular flexibility index (Phi) is 5.40. The van der Waals surface area contributed by atoms with Gasteiger partial charge in [-0.3, -0.25) is 4.79 Å². The molecule has 1 aliphatic carbocycles. The van der Waals surface area contributed by atoms with Gasteiger partial charge in [0, 0.05) is 18.6 Å². The Balaban J connectivity index is 2.16. The molecule has 4 heteroatoms. The molecule has 0 atom stereocenters. The monoisotopic (exact) mass is 241 g/mol. The predicted molar refractivity (Wildman–Crippen MR) is 71.0 cm³/mol. The lowest BCUT2D eigenvalue weighted by Gasteiger charge is -2.47. The maximum Gasteiger partial charge on any atom is 0.233 e. The summed E-state index contributed by atoms with van der Waals surface area (Å²) in [6, 6.07) is 0. The fraction of sp³-hybridized carbons (Fsp3) is 0.923. The first kappa shape index (κ1) is 14.5. The molecule has 0 unspecified atom stereocenters.